The molecule has 3 rings (SSSR count). The maximum Gasteiger partial charge on any atom is 0.252 e. The Kier molecular flexibility index (Phi) is 7.85. The fourth-order valence-electron chi connectivity index (χ4n) is 3.41. The van der Waals surface area contributed by atoms with Gasteiger partial charge in [-0.1, -0.05) is 42.5 Å². The van der Waals surface area contributed by atoms with Crippen molar-refractivity contribution in [3.8, 4) is 0 Å². The van der Waals surface area contributed by atoms with Crippen LogP contribution in [0.1, 0.15) is 28.8 Å². The van der Waals surface area contributed by atoms with E-state index in [-0.39, 0.29) is 24.4 Å². The summed E-state index contributed by atoms with van der Waals surface area (Å²) in [7, 11) is 0. The van der Waals surface area contributed by atoms with E-state index in [1.807, 2.05) is 24.3 Å². The van der Waals surface area contributed by atoms with E-state index in [4.69, 9.17) is 0 Å². The minimum Gasteiger partial charge on any atom is -0.352 e. The third kappa shape index (κ3) is 6.31. The molecule has 28 heavy (non-hydrogen) atoms. The van der Waals surface area contributed by atoms with E-state index in [1.54, 1.807) is 6.07 Å². The topological polar surface area (TPSA) is 61.4 Å². The first-order valence-corrected chi connectivity index (χ1v) is 10.8. The third-order valence-corrected chi connectivity index (χ3v) is 5.98. The van der Waals surface area contributed by atoms with Gasteiger partial charge >= 0.3 is 0 Å². The van der Waals surface area contributed by atoms with Crippen molar-refractivity contribution < 1.29 is 9.59 Å². The molecule has 1 heterocycles. The van der Waals surface area contributed by atoms with Crippen LogP contribution in [-0.4, -0.2) is 48.9 Å². The van der Waals surface area contributed by atoms with Crippen LogP contribution >= 0.6 is 22.6 Å². The molecule has 0 unspecified atom stereocenters. The van der Waals surface area contributed by atoms with Crippen molar-refractivity contribution in [2.45, 2.75) is 25.3 Å². The second-order valence-corrected chi connectivity index (χ2v) is 8.24. The molecule has 0 aromatic heterocycles. The van der Waals surface area contributed by atoms with Gasteiger partial charge in [0.2, 0.25) is 5.91 Å². The number of likely N-dealkylation sites (tertiary alicyclic amines) is 1. The number of benzene rings is 2. The Bertz CT molecular complexity index is 789. The molecule has 0 spiro atoms. The molecule has 0 saturated carbocycles. The van der Waals surface area contributed by atoms with Crippen molar-refractivity contribution >= 4 is 34.4 Å². The standard InChI is InChI=1S/C22H26IN3O2/c23-20-9-5-4-8-19(20)22(28)24-16-21(27)25-18-11-14-26(15-12-18)13-10-17-6-2-1-3-7-17/h1-9,18H,10-16H2,(H,24,28)(H,25,27). The predicted molar refractivity (Wildman–Crippen MR) is 119 cm³/mol. The highest BCUT2D eigenvalue weighted by Crippen LogP contribution is 2.12. The Hall–Kier alpha value is -1.93. The molecule has 1 fully saturated rings. The number of hydrogen-bond donors (Lipinski definition) is 2. The summed E-state index contributed by atoms with van der Waals surface area (Å²) in [5, 5.41) is 5.76. The second-order valence-electron chi connectivity index (χ2n) is 7.08. The van der Waals surface area contributed by atoms with E-state index in [0.29, 0.717) is 5.56 Å². The third-order valence-electron chi connectivity index (χ3n) is 5.04. The molecule has 148 valence electrons. The summed E-state index contributed by atoms with van der Waals surface area (Å²) in [6.07, 6.45) is 2.96. The molecule has 1 aliphatic heterocycles. The predicted octanol–water partition coefficient (Wildman–Crippen LogP) is 2.84. The number of carbonyl (C=O) groups is 2. The summed E-state index contributed by atoms with van der Waals surface area (Å²) in [4.78, 5) is 26.8. The highest BCUT2D eigenvalue weighted by atomic mass is 127. The van der Waals surface area contributed by atoms with Crippen LogP contribution in [0, 0.1) is 3.57 Å². The number of nitrogens with zero attached hydrogens (tertiary/aromatic N) is 1. The van der Waals surface area contributed by atoms with Crippen LogP contribution in [0.4, 0.5) is 0 Å². The average molecular weight is 491 g/mol. The number of amides is 2. The lowest BCUT2D eigenvalue weighted by atomic mass is 10.0. The summed E-state index contributed by atoms with van der Waals surface area (Å²) in [5.74, 6) is -0.335. The molecule has 0 aliphatic carbocycles. The summed E-state index contributed by atoms with van der Waals surface area (Å²) >= 11 is 2.12. The summed E-state index contributed by atoms with van der Waals surface area (Å²) in [6.45, 7) is 3.05. The van der Waals surface area contributed by atoms with Gasteiger partial charge in [-0.2, -0.15) is 0 Å². The molecule has 2 aromatic rings. The molecule has 0 radical (unpaired) electrons. The molecule has 2 aromatic carbocycles. The largest absolute Gasteiger partial charge is 0.352 e. The Morgan fingerprint density at radius 1 is 1.00 bits per heavy atom. The molecule has 2 N–H and O–H groups in total. The zero-order chi connectivity index (χ0) is 19.8. The Labute approximate surface area is 180 Å². The Balaban J connectivity index is 1.34. The summed E-state index contributed by atoms with van der Waals surface area (Å²) in [6, 6.07) is 18.1. The number of rotatable bonds is 7. The lowest BCUT2D eigenvalue weighted by molar-refractivity contribution is -0.121. The van der Waals surface area contributed by atoms with E-state index in [2.05, 4.69) is 62.4 Å². The van der Waals surface area contributed by atoms with Crippen LogP contribution in [0.25, 0.3) is 0 Å². The maximum absolute atomic E-state index is 12.2. The number of nitrogens with one attached hydrogen (secondary N) is 2. The van der Waals surface area contributed by atoms with Gasteiger partial charge in [-0.15, -0.1) is 0 Å². The fourth-order valence-corrected chi connectivity index (χ4v) is 4.04. The number of carbonyl (C=O) groups excluding carboxylic acids is 2. The molecule has 1 saturated heterocycles. The molecule has 0 bridgehead atoms. The Morgan fingerprint density at radius 3 is 2.39 bits per heavy atom. The van der Waals surface area contributed by atoms with E-state index in [9.17, 15) is 9.59 Å². The number of halogens is 1. The van der Waals surface area contributed by atoms with Crippen LogP contribution in [0.3, 0.4) is 0 Å². The lowest BCUT2D eigenvalue weighted by Crippen LogP contribution is -2.47. The highest BCUT2D eigenvalue weighted by molar-refractivity contribution is 14.1. The van der Waals surface area contributed by atoms with Crippen molar-refractivity contribution in [3.63, 3.8) is 0 Å². The smallest absolute Gasteiger partial charge is 0.252 e. The first-order chi connectivity index (χ1) is 13.6. The average Bonchev–Trinajstić information content (AvgIpc) is 2.72. The minimum atomic E-state index is -0.212. The highest BCUT2D eigenvalue weighted by Gasteiger charge is 2.20. The zero-order valence-corrected chi connectivity index (χ0v) is 18.0. The van der Waals surface area contributed by atoms with Gasteiger partial charge in [0.1, 0.15) is 0 Å². The van der Waals surface area contributed by atoms with Gasteiger partial charge in [-0.05, 0) is 59.5 Å². The maximum atomic E-state index is 12.2. The van der Waals surface area contributed by atoms with Crippen molar-refractivity contribution in [1.29, 1.82) is 0 Å². The SMILES string of the molecule is O=C(CNC(=O)c1ccccc1I)NC1CCN(CCc2ccccc2)CC1. The fraction of sp³-hybridized carbons (Fsp3) is 0.364. The molecule has 6 heteroatoms. The lowest BCUT2D eigenvalue weighted by Gasteiger charge is -2.32. The molecule has 0 atom stereocenters. The van der Waals surface area contributed by atoms with Gasteiger partial charge in [0.25, 0.3) is 5.91 Å². The van der Waals surface area contributed by atoms with Gasteiger partial charge < -0.3 is 15.5 Å². The van der Waals surface area contributed by atoms with Crippen molar-refractivity contribution in [2.75, 3.05) is 26.2 Å². The van der Waals surface area contributed by atoms with Crippen LogP contribution in [-0.2, 0) is 11.2 Å². The number of piperidine rings is 1. The van der Waals surface area contributed by atoms with Gasteiger partial charge in [0.05, 0.1) is 12.1 Å². The quantitative estimate of drug-likeness (QED) is 0.586. The Morgan fingerprint density at radius 2 is 1.68 bits per heavy atom. The molecular formula is C22H26IN3O2. The molecule has 2 amide bonds. The van der Waals surface area contributed by atoms with Crippen molar-refractivity contribution in [3.05, 3.63) is 69.3 Å². The summed E-state index contributed by atoms with van der Waals surface area (Å²) < 4.78 is 0.876. The van der Waals surface area contributed by atoms with Crippen LogP contribution in [0.15, 0.2) is 54.6 Å². The van der Waals surface area contributed by atoms with E-state index in [1.165, 1.54) is 5.56 Å². The van der Waals surface area contributed by atoms with E-state index >= 15 is 0 Å². The van der Waals surface area contributed by atoms with Crippen molar-refractivity contribution in [2.24, 2.45) is 0 Å². The van der Waals surface area contributed by atoms with Crippen LogP contribution < -0.4 is 10.6 Å². The van der Waals surface area contributed by atoms with Gasteiger partial charge in [0.15, 0.2) is 0 Å². The molecule has 1 aliphatic rings. The van der Waals surface area contributed by atoms with Crippen LogP contribution in [0.5, 0.6) is 0 Å². The van der Waals surface area contributed by atoms with E-state index in [0.717, 1.165) is 42.5 Å². The molecular weight excluding hydrogens is 465 g/mol. The van der Waals surface area contributed by atoms with Gasteiger partial charge in [-0.25, -0.2) is 0 Å². The monoisotopic (exact) mass is 491 g/mol. The first kappa shape index (κ1) is 20.8. The van der Waals surface area contributed by atoms with Crippen molar-refractivity contribution in [1.82, 2.24) is 15.5 Å². The van der Waals surface area contributed by atoms with Crippen LogP contribution in [0.2, 0.25) is 0 Å². The van der Waals surface area contributed by atoms with Gasteiger partial charge in [-0.3, -0.25) is 9.59 Å². The van der Waals surface area contributed by atoms with E-state index < -0.39 is 0 Å². The zero-order valence-electron chi connectivity index (χ0n) is 15.9. The second kappa shape index (κ2) is 10.6. The van der Waals surface area contributed by atoms with Gasteiger partial charge in [0, 0.05) is 29.2 Å². The normalized spacial score (nSPS) is 15.2. The summed E-state index contributed by atoms with van der Waals surface area (Å²) in [5.41, 5.74) is 1.96. The molecule has 5 nitrogen and oxygen atoms in total. The first-order valence-electron chi connectivity index (χ1n) is 9.70. The number of hydrogen-bond acceptors (Lipinski definition) is 3. The minimum absolute atomic E-state index is 0.0119.